The fourth-order valence-electron chi connectivity index (χ4n) is 1.93. The van der Waals surface area contributed by atoms with Crippen LogP contribution in [0.2, 0.25) is 0 Å². The highest BCUT2D eigenvalue weighted by atomic mass is 35.5. The third kappa shape index (κ3) is 11.0. The van der Waals surface area contributed by atoms with Crippen molar-refractivity contribution in [3.05, 3.63) is 35.4 Å². The largest absolute Gasteiger partial charge is 0.480 e. The average Bonchev–Trinajstić information content (AvgIpc) is 2.46. The highest BCUT2D eigenvalue weighted by Crippen LogP contribution is 2.29. The summed E-state index contributed by atoms with van der Waals surface area (Å²) in [7, 11) is 0. The number of benzene rings is 1. The Balaban J connectivity index is 0. The normalized spacial score (nSPS) is 13.3. The second kappa shape index (κ2) is 12.1. The zero-order valence-corrected chi connectivity index (χ0v) is 15.7. The van der Waals surface area contributed by atoms with E-state index in [4.69, 9.17) is 10.8 Å². The van der Waals surface area contributed by atoms with Crippen LogP contribution < -0.4 is 11.1 Å². The summed E-state index contributed by atoms with van der Waals surface area (Å²) in [5.41, 5.74) is 5.30. The lowest BCUT2D eigenvalue weighted by Gasteiger charge is -2.13. The average molecular weight is 385 g/mol. The number of halogens is 4. The van der Waals surface area contributed by atoms with Gasteiger partial charge in [0.05, 0.1) is 5.56 Å². The lowest BCUT2D eigenvalue weighted by molar-refractivity contribution is -0.139. The number of rotatable bonds is 6. The van der Waals surface area contributed by atoms with Gasteiger partial charge in [-0.25, -0.2) is 0 Å². The number of nitrogens with one attached hydrogen (secondary N) is 1. The minimum absolute atomic E-state index is 0. The predicted molar refractivity (Wildman–Crippen MR) is 96.0 cm³/mol. The summed E-state index contributed by atoms with van der Waals surface area (Å²) in [6.07, 6.45) is -3.64. The van der Waals surface area contributed by atoms with Gasteiger partial charge < -0.3 is 16.2 Å². The number of carbonyl (C=O) groups is 1. The van der Waals surface area contributed by atoms with Crippen LogP contribution in [0.3, 0.4) is 0 Å². The van der Waals surface area contributed by atoms with Crippen molar-refractivity contribution in [3.63, 3.8) is 0 Å². The van der Waals surface area contributed by atoms with E-state index >= 15 is 0 Å². The fourth-order valence-corrected chi connectivity index (χ4v) is 1.93. The van der Waals surface area contributed by atoms with Gasteiger partial charge in [0.25, 0.3) is 0 Å². The van der Waals surface area contributed by atoms with Crippen molar-refractivity contribution in [1.82, 2.24) is 5.32 Å². The molecule has 0 saturated carbocycles. The van der Waals surface area contributed by atoms with Crippen LogP contribution in [0.25, 0.3) is 0 Å². The van der Waals surface area contributed by atoms with Crippen molar-refractivity contribution in [2.24, 2.45) is 11.7 Å². The molecule has 4 nitrogen and oxygen atoms in total. The van der Waals surface area contributed by atoms with Gasteiger partial charge in [-0.15, -0.1) is 12.4 Å². The lowest BCUT2D eigenvalue weighted by atomic mass is 10.0. The van der Waals surface area contributed by atoms with Gasteiger partial charge in [-0.05, 0) is 37.4 Å². The standard InChI is InChI=1S/C12H16F3N.C5H11NO2.ClH/c1-3-16-9(2)7-10-5-4-6-11(8-10)12(13,14)15;1-3(2)4(6)5(7)8;/h4-6,8-9,16H,3,7H2,1-2H3;3-4H,6H2,1-2H3,(H,7,8);1H. The van der Waals surface area contributed by atoms with Gasteiger partial charge >= 0.3 is 12.1 Å². The third-order valence-corrected chi connectivity index (χ3v) is 3.35. The second-order valence-corrected chi connectivity index (χ2v) is 5.97. The molecule has 1 aromatic rings. The van der Waals surface area contributed by atoms with Gasteiger partial charge in [-0.2, -0.15) is 13.2 Å². The Bertz CT molecular complexity index is 511. The van der Waals surface area contributed by atoms with Gasteiger partial charge in [0.1, 0.15) is 6.04 Å². The van der Waals surface area contributed by atoms with E-state index in [0.29, 0.717) is 12.0 Å². The predicted octanol–water partition coefficient (Wildman–Crippen LogP) is 3.72. The molecule has 8 heteroatoms. The van der Waals surface area contributed by atoms with Crippen molar-refractivity contribution >= 4 is 18.4 Å². The van der Waals surface area contributed by atoms with Crippen LogP contribution in [0.1, 0.15) is 38.8 Å². The molecule has 0 aliphatic carbocycles. The number of likely N-dealkylation sites (N-methyl/N-ethyl adjacent to an activating group) is 1. The number of hydrogen-bond acceptors (Lipinski definition) is 3. The molecule has 1 rings (SSSR count). The maximum atomic E-state index is 12.4. The van der Waals surface area contributed by atoms with Crippen LogP contribution in [0, 0.1) is 5.92 Å². The zero-order chi connectivity index (χ0) is 18.9. The Labute approximate surface area is 153 Å². The van der Waals surface area contributed by atoms with Crippen molar-refractivity contribution in [2.45, 2.75) is 52.4 Å². The first-order valence-electron chi connectivity index (χ1n) is 7.86. The van der Waals surface area contributed by atoms with E-state index < -0.39 is 23.8 Å². The van der Waals surface area contributed by atoms with Crippen LogP contribution in [-0.4, -0.2) is 29.7 Å². The molecular weight excluding hydrogens is 357 g/mol. The molecule has 0 amide bonds. The highest BCUT2D eigenvalue weighted by Gasteiger charge is 2.30. The maximum absolute atomic E-state index is 12.4. The summed E-state index contributed by atoms with van der Waals surface area (Å²) in [4.78, 5) is 10.0. The van der Waals surface area contributed by atoms with Crippen molar-refractivity contribution in [1.29, 1.82) is 0 Å². The van der Waals surface area contributed by atoms with Crippen LogP contribution >= 0.6 is 12.4 Å². The monoisotopic (exact) mass is 384 g/mol. The van der Waals surface area contributed by atoms with Crippen LogP contribution in [0.15, 0.2) is 24.3 Å². The number of nitrogens with two attached hydrogens (primary N) is 1. The zero-order valence-electron chi connectivity index (χ0n) is 14.9. The molecular formula is C17H28ClF3N2O2. The first kappa shape index (κ1) is 25.9. The number of alkyl halides is 3. The van der Waals surface area contributed by atoms with E-state index in [9.17, 15) is 18.0 Å². The molecule has 0 saturated heterocycles. The van der Waals surface area contributed by atoms with E-state index in [0.717, 1.165) is 12.6 Å². The third-order valence-electron chi connectivity index (χ3n) is 3.35. The molecule has 0 radical (unpaired) electrons. The SMILES string of the molecule is CC(C)C(N)C(=O)O.CCNC(C)Cc1cccc(C(F)(F)F)c1.Cl. The number of carboxylic acid groups (broad SMARTS) is 1. The van der Waals surface area contributed by atoms with Crippen LogP contribution in [0.4, 0.5) is 13.2 Å². The van der Waals surface area contributed by atoms with E-state index in [1.165, 1.54) is 12.1 Å². The van der Waals surface area contributed by atoms with Crippen molar-refractivity contribution in [2.75, 3.05) is 6.54 Å². The summed E-state index contributed by atoms with van der Waals surface area (Å²) in [5, 5.41) is 11.4. The second-order valence-electron chi connectivity index (χ2n) is 5.97. The van der Waals surface area contributed by atoms with Gasteiger partial charge in [0.2, 0.25) is 0 Å². The maximum Gasteiger partial charge on any atom is 0.416 e. The number of aliphatic carboxylic acids is 1. The molecule has 0 aliphatic heterocycles. The first-order chi connectivity index (χ1) is 11.0. The molecule has 0 heterocycles. The van der Waals surface area contributed by atoms with Crippen LogP contribution in [-0.2, 0) is 17.4 Å². The molecule has 0 bridgehead atoms. The first-order valence-corrected chi connectivity index (χ1v) is 7.86. The summed E-state index contributed by atoms with van der Waals surface area (Å²) in [6, 6.07) is 4.97. The van der Waals surface area contributed by atoms with Crippen molar-refractivity contribution < 1.29 is 23.1 Å². The van der Waals surface area contributed by atoms with Crippen molar-refractivity contribution in [3.8, 4) is 0 Å². The molecule has 0 aliphatic rings. The smallest absolute Gasteiger partial charge is 0.416 e. The quantitative estimate of drug-likeness (QED) is 0.698. The molecule has 0 aromatic heterocycles. The Morgan fingerprint density at radius 1 is 1.28 bits per heavy atom. The molecule has 25 heavy (non-hydrogen) atoms. The topological polar surface area (TPSA) is 75.4 Å². The minimum Gasteiger partial charge on any atom is -0.480 e. The van der Waals surface area contributed by atoms with Gasteiger partial charge in [-0.1, -0.05) is 39.0 Å². The summed E-state index contributed by atoms with van der Waals surface area (Å²) in [6.45, 7) is 8.31. The van der Waals surface area contributed by atoms with Gasteiger partial charge in [-0.3, -0.25) is 4.79 Å². The Kier molecular flexibility index (Phi) is 12.6. The number of carboxylic acids is 1. The molecule has 1 aromatic carbocycles. The fraction of sp³-hybridized carbons (Fsp3) is 0.588. The van der Waals surface area contributed by atoms with E-state index in [-0.39, 0.29) is 24.4 Å². The Morgan fingerprint density at radius 2 is 1.84 bits per heavy atom. The molecule has 0 spiro atoms. The van der Waals surface area contributed by atoms with E-state index in [1.807, 2.05) is 13.8 Å². The van der Waals surface area contributed by atoms with Gasteiger partial charge in [0, 0.05) is 6.04 Å². The molecule has 2 unspecified atom stereocenters. The van der Waals surface area contributed by atoms with Gasteiger partial charge in [0.15, 0.2) is 0 Å². The van der Waals surface area contributed by atoms with E-state index in [2.05, 4.69) is 5.32 Å². The minimum atomic E-state index is -4.25. The summed E-state index contributed by atoms with van der Waals surface area (Å²) >= 11 is 0. The molecule has 146 valence electrons. The Hall–Kier alpha value is -1.31. The highest BCUT2D eigenvalue weighted by molar-refractivity contribution is 5.85. The Morgan fingerprint density at radius 3 is 2.20 bits per heavy atom. The molecule has 2 atom stereocenters. The summed E-state index contributed by atoms with van der Waals surface area (Å²) in [5.74, 6) is -0.910. The lowest BCUT2D eigenvalue weighted by Crippen LogP contribution is -2.34. The van der Waals surface area contributed by atoms with Crippen LogP contribution in [0.5, 0.6) is 0 Å². The molecule has 4 N–H and O–H groups in total. The number of hydrogen-bond donors (Lipinski definition) is 3. The molecule has 0 fully saturated rings. The summed E-state index contributed by atoms with van der Waals surface area (Å²) < 4.78 is 37.3. The van der Waals surface area contributed by atoms with E-state index in [1.54, 1.807) is 19.9 Å².